The quantitative estimate of drug-likeness (QED) is 0.854. The Morgan fingerprint density at radius 3 is 2.45 bits per heavy atom. The zero-order chi connectivity index (χ0) is 14.8. The first-order valence-corrected chi connectivity index (χ1v) is 8.41. The molecule has 0 aliphatic carbocycles. The van der Waals surface area contributed by atoms with E-state index in [1.807, 2.05) is 26.0 Å². The van der Waals surface area contributed by atoms with E-state index >= 15 is 0 Å². The predicted molar refractivity (Wildman–Crippen MR) is 78.5 cm³/mol. The average molecular weight is 298 g/mol. The lowest BCUT2D eigenvalue weighted by atomic mass is 9.97. The van der Waals surface area contributed by atoms with Crippen molar-refractivity contribution in [1.29, 1.82) is 0 Å². The molecule has 1 aliphatic rings. The van der Waals surface area contributed by atoms with Crippen LogP contribution in [0.25, 0.3) is 0 Å². The molecule has 112 valence electrons. The van der Waals surface area contributed by atoms with E-state index in [4.69, 9.17) is 10.5 Å². The molecule has 1 saturated heterocycles. The van der Waals surface area contributed by atoms with Crippen molar-refractivity contribution < 1.29 is 13.2 Å². The summed E-state index contributed by atoms with van der Waals surface area (Å²) in [6.07, 6.45) is 0.580. The minimum atomic E-state index is -3.39. The highest BCUT2D eigenvalue weighted by molar-refractivity contribution is 7.88. The molecule has 6 heteroatoms. The van der Waals surface area contributed by atoms with Gasteiger partial charge in [0.2, 0.25) is 10.0 Å². The number of nitrogens with one attached hydrogen (secondary N) is 1. The van der Waals surface area contributed by atoms with Gasteiger partial charge in [-0.25, -0.2) is 13.1 Å². The first kappa shape index (κ1) is 15.4. The third kappa shape index (κ3) is 3.58. The number of ether oxygens (including phenoxy) is 1. The second-order valence-electron chi connectivity index (χ2n) is 5.56. The highest BCUT2D eigenvalue weighted by atomic mass is 32.2. The summed E-state index contributed by atoms with van der Waals surface area (Å²) in [5, 5.41) is 0. The molecule has 2 rings (SSSR count). The van der Waals surface area contributed by atoms with Crippen LogP contribution in [0.1, 0.15) is 31.4 Å². The van der Waals surface area contributed by atoms with Gasteiger partial charge in [-0.3, -0.25) is 0 Å². The van der Waals surface area contributed by atoms with Gasteiger partial charge >= 0.3 is 0 Å². The monoisotopic (exact) mass is 298 g/mol. The van der Waals surface area contributed by atoms with Crippen molar-refractivity contribution in [3.8, 4) is 0 Å². The second kappa shape index (κ2) is 5.81. The molecule has 1 aromatic rings. The highest BCUT2D eigenvalue weighted by Crippen LogP contribution is 2.26. The van der Waals surface area contributed by atoms with Crippen LogP contribution in [-0.4, -0.2) is 26.7 Å². The van der Waals surface area contributed by atoms with E-state index < -0.39 is 15.6 Å². The minimum absolute atomic E-state index is 0.0276. The Morgan fingerprint density at radius 2 is 1.95 bits per heavy atom. The maximum absolute atomic E-state index is 12.3. The van der Waals surface area contributed by atoms with Crippen LogP contribution in [0.15, 0.2) is 24.3 Å². The van der Waals surface area contributed by atoms with Crippen LogP contribution >= 0.6 is 0 Å². The molecule has 0 aromatic heterocycles. The first-order chi connectivity index (χ1) is 9.35. The third-order valence-electron chi connectivity index (χ3n) is 3.89. The zero-order valence-electron chi connectivity index (χ0n) is 11.9. The second-order valence-corrected chi connectivity index (χ2v) is 7.28. The van der Waals surface area contributed by atoms with E-state index in [-0.39, 0.29) is 11.9 Å². The third-order valence-corrected chi connectivity index (χ3v) is 5.38. The molecule has 0 radical (unpaired) electrons. The van der Waals surface area contributed by atoms with Crippen LogP contribution in [0.4, 0.5) is 0 Å². The Kier molecular flexibility index (Phi) is 4.49. The van der Waals surface area contributed by atoms with Gasteiger partial charge < -0.3 is 10.5 Å². The van der Waals surface area contributed by atoms with Crippen molar-refractivity contribution in [1.82, 2.24) is 4.72 Å². The molecule has 0 saturated carbocycles. The number of hydrogen-bond donors (Lipinski definition) is 2. The molecular formula is C14H22N2O3S. The molecule has 2 unspecified atom stereocenters. The fraction of sp³-hybridized carbons (Fsp3) is 0.571. The van der Waals surface area contributed by atoms with Crippen molar-refractivity contribution in [3.05, 3.63) is 35.4 Å². The molecule has 2 atom stereocenters. The van der Waals surface area contributed by atoms with Crippen LogP contribution in [0, 0.1) is 0 Å². The molecule has 1 fully saturated rings. The maximum atomic E-state index is 12.3. The molecule has 3 N–H and O–H groups in total. The SMILES string of the molecule is CC1OCCC1(C)NS(=O)(=O)Cc1ccc(CN)cc1. The summed E-state index contributed by atoms with van der Waals surface area (Å²) >= 11 is 0. The molecular weight excluding hydrogens is 276 g/mol. The summed E-state index contributed by atoms with van der Waals surface area (Å²) in [4.78, 5) is 0. The average Bonchev–Trinajstić information content (AvgIpc) is 2.68. The Morgan fingerprint density at radius 1 is 1.35 bits per heavy atom. The standard InChI is InChI=1S/C14H22N2O3S/c1-11-14(2,7-8-19-11)16-20(17,18)10-13-5-3-12(9-15)4-6-13/h3-6,11,16H,7-10,15H2,1-2H3. The first-order valence-electron chi connectivity index (χ1n) is 6.76. The molecule has 0 spiro atoms. The molecule has 5 nitrogen and oxygen atoms in total. The summed E-state index contributed by atoms with van der Waals surface area (Å²) in [6, 6.07) is 7.32. The van der Waals surface area contributed by atoms with E-state index in [1.54, 1.807) is 12.1 Å². The number of rotatable bonds is 5. The van der Waals surface area contributed by atoms with E-state index in [2.05, 4.69) is 4.72 Å². The van der Waals surface area contributed by atoms with E-state index in [1.165, 1.54) is 0 Å². The van der Waals surface area contributed by atoms with Crippen LogP contribution in [0.3, 0.4) is 0 Å². The summed E-state index contributed by atoms with van der Waals surface area (Å²) in [5.41, 5.74) is 6.75. The number of benzene rings is 1. The van der Waals surface area contributed by atoms with E-state index in [9.17, 15) is 8.42 Å². The molecule has 0 amide bonds. The lowest BCUT2D eigenvalue weighted by Gasteiger charge is -2.28. The van der Waals surface area contributed by atoms with Gasteiger partial charge in [0.15, 0.2) is 0 Å². The van der Waals surface area contributed by atoms with Crippen molar-refractivity contribution in [2.24, 2.45) is 5.73 Å². The zero-order valence-corrected chi connectivity index (χ0v) is 12.7. The van der Waals surface area contributed by atoms with Gasteiger partial charge in [-0.15, -0.1) is 0 Å². The topological polar surface area (TPSA) is 81.4 Å². The number of sulfonamides is 1. The van der Waals surface area contributed by atoms with Crippen LogP contribution in [0.5, 0.6) is 0 Å². The van der Waals surface area contributed by atoms with Crippen LogP contribution < -0.4 is 10.5 Å². The van der Waals surface area contributed by atoms with Gasteiger partial charge in [0.25, 0.3) is 0 Å². The molecule has 20 heavy (non-hydrogen) atoms. The summed E-state index contributed by atoms with van der Waals surface area (Å²) < 4.78 is 32.8. The minimum Gasteiger partial charge on any atom is -0.376 e. The molecule has 1 heterocycles. The van der Waals surface area contributed by atoms with Gasteiger partial charge in [-0.1, -0.05) is 24.3 Å². The predicted octanol–water partition coefficient (Wildman–Crippen LogP) is 1.13. The van der Waals surface area contributed by atoms with Gasteiger partial charge in [-0.2, -0.15) is 0 Å². The fourth-order valence-corrected chi connectivity index (χ4v) is 4.03. The van der Waals surface area contributed by atoms with Crippen molar-refractivity contribution in [2.45, 2.75) is 44.2 Å². The van der Waals surface area contributed by atoms with Gasteiger partial charge in [-0.05, 0) is 31.4 Å². The summed E-state index contributed by atoms with van der Waals surface area (Å²) in [5.74, 6) is -0.0276. The number of nitrogens with two attached hydrogens (primary N) is 1. The van der Waals surface area contributed by atoms with Gasteiger partial charge in [0.1, 0.15) is 0 Å². The molecule has 1 aromatic carbocycles. The summed E-state index contributed by atoms with van der Waals surface area (Å²) in [7, 11) is -3.39. The van der Waals surface area contributed by atoms with E-state index in [0.29, 0.717) is 19.6 Å². The smallest absolute Gasteiger partial charge is 0.216 e. The number of hydrogen-bond acceptors (Lipinski definition) is 4. The Hall–Kier alpha value is -0.950. The van der Waals surface area contributed by atoms with Crippen LogP contribution in [-0.2, 0) is 27.1 Å². The lowest BCUT2D eigenvalue weighted by Crippen LogP contribution is -2.50. The lowest BCUT2D eigenvalue weighted by molar-refractivity contribution is 0.0957. The normalized spacial score (nSPS) is 26.9. The van der Waals surface area contributed by atoms with Crippen molar-refractivity contribution in [2.75, 3.05) is 6.61 Å². The maximum Gasteiger partial charge on any atom is 0.216 e. The fourth-order valence-electron chi connectivity index (χ4n) is 2.35. The largest absolute Gasteiger partial charge is 0.376 e. The van der Waals surface area contributed by atoms with Gasteiger partial charge in [0.05, 0.1) is 17.4 Å². The Balaban J connectivity index is 2.07. The molecule has 1 aliphatic heterocycles. The van der Waals surface area contributed by atoms with Crippen molar-refractivity contribution >= 4 is 10.0 Å². The van der Waals surface area contributed by atoms with E-state index in [0.717, 1.165) is 11.1 Å². The Labute approximate surface area is 120 Å². The summed E-state index contributed by atoms with van der Waals surface area (Å²) in [6.45, 7) is 4.83. The molecule has 0 bridgehead atoms. The highest BCUT2D eigenvalue weighted by Gasteiger charge is 2.40. The Bertz CT molecular complexity index is 556. The van der Waals surface area contributed by atoms with Gasteiger partial charge in [0, 0.05) is 13.2 Å². The van der Waals surface area contributed by atoms with Crippen molar-refractivity contribution in [3.63, 3.8) is 0 Å². The van der Waals surface area contributed by atoms with Crippen LogP contribution in [0.2, 0.25) is 0 Å².